The Morgan fingerprint density at radius 1 is 0.893 bits per heavy atom. The lowest BCUT2D eigenvalue weighted by atomic mass is 9.87. The molecule has 2 aromatic carbocycles. The molecule has 1 aliphatic heterocycles. The van der Waals surface area contributed by atoms with Crippen LogP contribution in [-0.2, 0) is 12.4 Å². The molecule has 1 N–H and O–H groups in total. The zero-order valence-corrected chi connectivity index (χ0v) is 15.9. The summed E-state index contributed by atoms with van der Waals surface area (Å²) in [5.41, 5.74) is -2.77. The van der Waals surface area contributed by atoms with Crippen molar-refractivity contribution in [1.82, 2.24) is 0 Å². The van der Waals surface area contributed by atoms with Crippen LogP contribution in [0.2, 0.25) is 5.02 Å². The smallest absolute Gasteiger partial charge is 0.376 e. The number of halogens is 7. The molecule has 1 aliphatic rings. The van der Waals surface area contributed by atoms with E-state index in [4.69, 9.17) is 11.6 Å². The minimum Gasteiger partial charge on any atom is -0.376 e. The van der Waals surface area contributed by atoms with Crippen LogP contribution in [0.4, 0.5) is 32.0 Å². The van der Waals surface area contributed by atoms with E-state index in [9.17, 15) is 26.3 Å². The average molecular weight is 420 g/mol. The fourth-order valence-corrected chi connectivity index (χ4v) is 4.00. The zero-order chi connectivity index (χ0) is 21.1. The van der Waals surface area contributed by atoms with Gasteiger partial charge in [-0.3, -0.25) is 0 Å². The first-order chi connectivity index (χ1) is 12.7. The summed E-state index contributed by atoms with van der Waals surface area (Å²) in [6, 6.07) is 5.23. The highest BCUT2D eigenvalue weighted by Gasteiger charge is 2.45. The van der Waals surface area contributed by atoms with Crippen LogP contribution in [0.25, 0.3) is 16.7 Å². The van der Waals surface area contributed by atoms with Crippen molar-refractivity contribution in [2.24, 2.45) is 0 Å². The van der Waals surface area contributed by atoms with Crippen LogP contribution in [0.15, 0.2) is 36.4 Å². The maximum absolute atomic E-state index is 13.6. The number of hydrogen-bond acceptors (Lipinski definition) is 1. The van der Waals surface area contributed by atoms with Gasteiger partial charge in [-0.05, 0) is 44.0 Å². The SMILES string of the molecule is CC1=CC(C)(C)Nc2ccc(-c3cccc(C(F)(F)F)c3C(F)(F)F)c(Cl)c21. The maximum Gasteiger partial charge on any atom is 0.417 e. The molecule has 0 aromatic heterocycles. The second-order valence-electron chi connectivity index (χ2n) is 7.25. The number of rotatable bonds is 1. The molecule has 1 nitrogen and oxygen atoms in total. The normalized spacial score (nSPS) is 16.3. The molecule has 150 valence electrons. The Morgan fingerprint density at radius 3 is 2.11 bits per heavy atom. The molecule has 0 spiro atoms. The van der Waals surface area contributed by atoms with Crippen molar-refractivity contribution in [2.75, 3.05) is 5.32 Å². The Hall–Kier alpha value is -2.15. The third-order valence-corrected chi connectivity index (χ3v) is 4.91. The molecule has 0 bridgehead atoms. The molecule has 0 unspecified atom stereocenters. The summed E-state index contributed by atoms with van der Waals surface area (Å²) in [6.07, 6.45) is -8.49. The van der Waals surface area contributed by atoms with Gasteiger partial charge in [-0.15, -0.1) is 0 Å². The lowest BCUT2D eigenvalue weighted by Crippen LogP contribution is -2.31. The largest absolute Gasteiger partial charge is 0.417 e. The van der Waals surface area contributed by atoms with Crippen LogP contribution >= 0.6 is 11.6 Å². The van der Waals surface area contributed by atoms with Crippen LogP contribution in [0.1, 0.15) is 37.5 Å². The van der Waals surface area contributed by atoms with Crippen molar-refractivity contribution in [2.45, 2.75) is 38.7 Å². The van der Waals surface area contributed by atoms with Crippen molar-refractivity contribution in [3.63, 3.8) is 0 Å². The molecule has 2 aromatic rings. The lowest BCUT2D eigenvalue weighted by molar-refractivity contribution is -0.161. The van der Waals surface area contributed by atoms with Gasteiger partial charge in [0.05, 0.1) is 21.7 Å². The second-order valence-corrected chi connectivity index (χ2v) is 7.63. The topological polar surface area (TPSA) is 12.0 Å². The summed E-state index contributed by atoms with van der Waals surface area (Å²) in [6.45, 7) is 5.58. The number of nitrogens with one attached hydrogen (secondary N) is 1. The highest BCUT2D eigenvalue weighted by molar-refractivity contribution is 6.35. The summed E-state index contributed by atoms with van der Waals surface area (Å²) >= 11 is 6.41. The number of hydrogen-bond donors (Lipinski definition) is 1. The first kappa shape index (κ1) is 20.6. The number of anilines is 1. The highest BCUT2D eigenvalue weighted by Crippen LogP contribution is 2.48. The molecular weight excluding hydrogens is 404 g/mol. The molecule has 0 saturated heterocycles. The van der Waals surface area contributed by atoms with Crippen LogP contribution in [0, 0.1) is 0 Å². The average Bonchev–Trinajstić information content (AvgIpc) is 2.51. The Labute approximate surface area is 163 Å². The van der Waals surface area contributed by atoms with Gasteiger partial charge in [0.2, 0.25) is 0 Å². The molecule has 8 heteroatoms. The third kappa shape index (κ3) is 3.60. The van der Waals surface area contributed by atoms with Crippen LogP contribution < -0.4 is 5.32 Å². The van der Waals surface area contributed by atoms with E-state index in [1.165, 1.54) is 12.1 Å². The van der Waals surface area contributed by atoms with Gasteiger partial charge >= 0.3 is 12.4 Å². The minimum absolute atomic E-state index is 0.0286. The highest BCUT2D eigenvalue weighted by atomic mass is 35.5. The fourth-order valence-electron chi connectivity index (χ4n) is 3.59. The molecular formula is C20H16ClF6N. The summed E-state index contributed by atoms with van der Waals surface area (Å²) in [7, 11) is 0. The first-order valence-corrected chi connectivity index (χ1v) is 8.68. The number of allylic oxidation sites excluding steroid dienone is 1. The molecule has 28 heavy (non-hydrogen) atoms. The van der Waals surface area contributed by atoms with Crippen molar-refractivity contribution in [3.8, 4) is 11.1 Å². The quantitative estimate of drug-likeness (QED) is 0.468. The number of alkyl halides is 6. The van der Waals surface area contributed by atoms with Gasteiger partial charge in [-0.2, -0.15) is 26.3 Å². The van der Waals surface area contributed by atoms with Crippen molar-refractivity contribution in [1.29, 1.82) is 0 Å². The second kappa shape index (κ2) is 6.44. The Bertz CT molecular complexity index is 970. The van der Waals surface area contributed by atoms with E-state index in [0.29, 0.717) is 17.3 Å². The van der Waals surface area contributed by atoms with Gasteiger partial charge < -0.3 is 5.32 Å². The van der Waals surface area contributed by atoms with E-state index in [0.717, 1.165) is 17.7 Å². The van der Waals surface area contributed by atoms with E-state index >= 15 is 0 Å². The minimum atomic E-state index is -5.20. The summed E-state index contributed by atoms with van der Waals surface area (Å²) in [5.74, 6) is 0. The number of fused-ring (bicyclic) bond motifs is 1. The van der Waals surface area contributed by atoms with Gasteiger partial charge in [0.15, 0.2) is 0 Å². The van der Waals surface area contributed by atoms with E-state index in [-0.39, 0.29) is 10.6 Å². The molecule has 0 aliphatic carbocycles. The predicted molar refractivity (Wildman–Crippen MR) is 98.2 cm³/mol. The maximum atomic E-state index is 13.6. The third-order valence-electron chi connectivity index (χ3n) is 4.51. The van der Waals surface area contributed by atoms with E-state index < -0.39 is 34.6 Å². The van der Waals surface area contributed by atoms with Gasteiger partial charge in [0, 0.05) is 16.8 Å². The summed E-state index contributed by atoms with van der Waals surface area (Å²) in [5, 5.41) is 3.17. The molecule has 0 atom stereocenters. The zero-order valence-electron chi connectivity index (χ0n) is 15.1. The Morgan fingerprint density at radius 2 is 1.54 bits per heavy atom. The van der Waals surface area contributed by atoms with Crippen molar-refractivity contribution >= 4 is 22.9 Å². The molecule has 0 saturated carbocycles. The van der Waals surface area contributed by atoms with Crippen LogP contribution in [0.3, 0.4) is 0 Å². The molecule has 3 rings (SSSR count). The van der Waals surface area contributed by atoms with Gasteiger partial charge in [0.1, 0.15) is 0 Å². The Balaban J connectivity index is 2.32. The monoisotopic (exact) mass is 419 g/mol. The van der Waals surface area contributed by atoms with Crippen molar-refractivity contribution in [3.05, 3.63) is 58.1 Å². The lowest BCUT2D eigenvalue weighted by Gasteiger charge is -2.32. The van der Waals surface area contributed by atoms with Crippen molar-refractivity contribution < 1.29 is 26.3 Å². The predicted octanol–water partition coefficient (Wildman–Crippen LogP) is 7.65. The fraction of sp³-hybridized carbons (Fsp3) is 0.300. The molecule has 1 heterocycles. The van der Waals surface area contributed by atoms with Gasteiger partial charge in [-0.25, -0.2) is 0 Å². The van der Waals surface area contributed by atoms with E-state index in [1.54, 1.807) is 6.92 Å². The van der Waals surface area contributed by atoms with Gasteiger partial charge in [0.25, 0.3) is 0 Å². The standard InChI is InChI=1S/C20H16ClF6N/c1-10-9-18(2,3)28-14-8-7-12(17(21)15(10)14)11-5-4-6-13(19(22,23)24)16(11)20(25,26)27/h4-9,28H,1-3H3. The van der Waals surface area contributed by atoms with Crippen LogP contribution in [0.5, 0.6) is 0 Å². The molecule has 0 fully saturated rings. The molecule has 0 radical (unpaired) electrons. The van der Waals surface area contributed by atoms with E-state index in [2.05, 4.69) is 5.32 Å². The number of benzene rings is 2. The Kier molecular flexibility index (Phi) is 4.73. The molecule has 0 amide bonds. The first-order valence-electron chi connectivity index (χ1n) is 8.30. The van der Waals surface area contributed by atoms with E-state index in [1.807, 2.05) is 19.9 Å². The van der Waals surface area contributed by atoms with Gasteiger partial charge in [-0.1, -0.05) is 35.9 Å². The summed E-state index contributed by atoms with van der Waals surface area (Å²) < 4.78 is 80.6. The van der Waals surface area contributed by atoms with Crippen LogP contribution in [-0.4, -0.2) is 5.54 Å². The summed E-state index contributed by atoms with van der Waals surface area (Å²) in [4.78, 5) is 0.